The molecule has 0 saturated heterocycles. The van der Waals surface area contributed by atoms with E-state index in [1.54, 1.807) is 0 Å². The largest absolute Gasteiger partial charge is 0.477 e. The summed E-state index contributed by atoms with van der Waals surface area (Å²) in [5.74, 6) is -0.0544. The van der Waals surface area contributed by atoms with Gasteiger partial charge in [-0.2, -0.15) is 0 Å². The maximum Gasteiger partial charge on any atom is 0.347 e. The number of aromatic carboxylic acids is 1. The molecule has 1 aromatic carbocycles. The molecule has 3 aromatic rings. The van der Waals surface area contributed by atoms with Gasteiger partial charge in [-0.05, 0) is 12.1 Å². The summed E-state index contributed by atoms with van der Waals surface area (Å²) in [5.41, 5.74) is 2.00. The molecule has 19 heavy (non-hydrogen) atoms. The molecule has 0 unspecified atom stereocenters. The fourth-order valence-corrected chi connectivity index (χ4v) is 2.73. The first-order chi connectivity index (χ1) is 9.15. The number of fused-ring (bicyclic) bond motifs is 1. The summed E-state index contributed by atoms with van der Waals surface area (Å²) in [6.07, 6.45) is 1.94. The number of carboxylic acid groups (broad SMARTS) is 1. The van der Waals surface area contributed by atoms with Gasteiger partial charge < -0.3 is 9.67 Å². The average molecular weight is 273 g/mol. The molecule has 2 aromatic heterocycles. The number of aryl methyl sites for hydroxylation is 1. The summed E-state index contributed by atoms with van der Waals surface area (Å²) >= 11 is 1.19. The van der Waals surface area contributed by atoms with E-state index in [1.807, 2.05) is 35.9 Å². The molecule has 0 spiro atoms. The van der Waals surface area contributed by atoms with Crippen LogP contribution in [-0.2, 0) is 13.5 Å². The highest BCUT2D eigenvalue weighted by molar-refractivity contribution is 7.13. The number of thiazole rings is 1. The van der Waals surface area contributed by atoms with Gasteiger partial charge in [-0.25, -0.2) is 14.8 Å². The van der Waals surface area contributed by atoms with Gasteiger partial charge in [0.05, 0.1) is 23.7 Å². The van der Waals surface area contributed by atoms with E-state index in [9.17, 15) is 4.79 Å². The van der Waals surface area contributed by atoms with Crippen molar-refractivity contribution in [3.8, 4) is 0 Å². The Balaban J connectivity index is 1.96. The van der Waals surface area contributed by atoms with Crippen LogP contribution in [0.1, 0.15) is 20.5 Å². The van der Waals surface area contributed by atoms with Gasteiger partial charge in [0.25, 0.3) is 0 Å². The molecule has 0 fully saturated rings. The predicted molar refractivity (Wildman–Crippen MR) is 72.6 cm³/mol. The summed E-state index contributed by atoms with van der Waals surface area (Å²) in [6.45, 7) is 0. The zero-order valence-electron chi connectivity index (χ0n) is 10.2. The van der Waals surface area contributed by atoms with Crippen molar-refractivity contribution in [3.05, 3.63) is 46.2 Å². The van der Waals surface area contributed by atoms with Crippen molar-refractivity contribution in [2.24, 2.45) is 7.05 Å². The third kappa shape index (κ3) is 2.10. The van der Waals surface area contributed by atoms with Crippen LogP contribution >= 0.6 is 11.3 Å². The summed E-state index contributed by atoms with van der Waals surface area (Å²) in [7, 11) is 1.95. The van der Waals surface area contributed by atoms with Crippen LogP contribution in [0.4, 0.5) is 0 Å². The minimum Gasteiger partial charge on any atom is -0.477 e. The Morgan fingerprint density at radius 1 is 1.42 bits per heavy atom. The lowest BCUT2D eigenvalue weighted by Crippen LogP contribution is -1.98. The van der Waals surface area contributed by atoms with Crippen molar-refractivity contribution in [1.29, 1.82) is 0 Å². The van der Waals surface area contributed by atoms with Crippen LogP contribution < -0.4 is 0 Å². The SMILES string of the molecule is Cn1c(Cc2ncc(C(=O)O)s2)nc2ccccc21. The molecular formula is C13H11N3O2S. The molecule has 5 nitrogen and oxygen atoms in total. The Bertz CT molecular complexity index is 760. The van der Waals surface area contributed by atoms with Crippen molar-refractivity contribution >= 4 is 28.3 Å². The third-order valence-corrected chi connectivity index (χ3v) is 3.94. The normalized spacial score (nSPS) is 11.0. The summed E-state index contributed by atoms with van der Waals surface area (Å²) in [6, 6.07) is 7.89. The Labute approximate surface area is 113 Å². The van der Waals surface area contributed by atoms with E-state index >= 15 is 0 Å². The number of para-hydroxylation sites is 2. The van der Waals surface area contributed by atoms with Crippen LogP contribution in [0.15, 0.2) is 30.5 Å². The van der Waals surface area contributed by atoms with Gasteiger partial charge in [0.1, 0.15) is 15.7 Å². The molecule has 0 saturated carbocycles. The Kier molecular flexibility index (Phi) is 2.79. The van der Waals surface area contributed by atoms with Gasteiger partial charge in [-0.15, -0.1) is 11.3 Å². The number of carboxylic acids is 1. The lowest BCUT2D eigenvalue weighted by Gasteiger charge is -1.99. The van der Waals surface area contributed by atoms with Gasteiger partial charge in [0.2, 0.25) is 0 Å². The highest BCUT2D eigenvalue weighted by atomic mass is 32.1. The molecule has 0 bridgehead atoms. The number of hydrogen-bond donors (Lipinski definition) is 1. The highest BCUT2D eigenvalue weighted by Gasteiger charge is 2.12. The van der Waals surface area contributed by atoms with E-state index in [2.05, 4.69) is 9.97 Å². The average Bonchev–Trinajstić information content (AvgIpc) is 2.97. The van der Waals surface area contributed by atoms with Crippen molar-refractivity contribution in [3.63, 3.8) is 0 Å². The molecule has 96 valence electrons. The molecule has 1 N–H and O–H groups in total. The molecule has 0 aliphatic rings. The fraction of sp³-hybridized carbons (Fsp3) is 0.154. The molecule has 0 amide bonds. The van der Waals surface area contributed by atoms with E-state index in [4.69, 9.17) is 5.11 Å². The zero-order valence-corrected chi connectivity index (χ0v) is 11.0. The van der Waals surface area contributed by atoms with E-state index in [0.717, 1.165) is 21.9 Å². The first-order valence-electron chi connectivity index (χ1n) is 5.73. The van der Waals surface area contributed by atoms with Gasteiger partial charge >= 0.3 is 5.97 Å². The molecule has 0 atom stereocenters. The summed E-state index contributed by atoms with van der Waals surface area (Å²) in [5, 5.41) is 9.64. The Morgan fingerprint density at radius 3 is 2.89 bits per heavy atom. The number of imidazole rings is 1. The van der Waals surface area contributed by atoms with Crippen LogP contribution in [0.5, 0.6) is 0 Å². The maximum absolute atomic E-state index is 10.8. The second-order valence-corrected chi connectivity index (χ2v) is 5.29. The van der Waals surface area contributed by atoms with E-state index in [1.165, 1.54) is 17.5 Å². The van der Waals surface area contributed by atoms with E-state index in [-0.39, 0.29) is 4.88 Å². The van der Waals surface area contributed by atoms with Crippen LogP contribution in [0.25, 0.3) is 11.0 Å². The van der Waals surface area contributed by atoms with Gasteiger partial charge in [0.15, 0.2) is 0 Å². The number of benzene rings is 1. The molecular weight excluding hydrogens is 262 g/mol. The van der Waals surface area contributed by atoms with Gasteiger partial charge in [-0.3, -0.25) is 0 Å². The fourth-order valence-electron chi connectivity index (χ4n) is 1.98. The number of nitrogens with zero attached hydrogens (tertiary/aromatic N) is 3. The zero-order chi connectivity index (χ0) is 13.4. The maximum atomic E-state index is 10.8. The number of hydrogen-bond acceptors (Lipinski definition) is 4. The monoisotopic (exact) mass is 273 g/mol. The Hall–Kier alpha value is -2.21. The molecule has 6 heteroatoms. The standard InChI is InChI=1S/C13H11N3O2S/c1-16-9-5-3-2-4-8(9)15-11(16)6-12-14-7-10(19-12)13(17)18/h2-5,7H,6H2,1H3,(H,17,18). The van der Waals surface area contributed by atoms with Crippen LogP contribution in [-0.4, -0.2) is 25.6 Å². The predicted octanol–water partition coefficient (Wildman–Crippen LogP) is 2.32. The van der Waals surface area contributed by atoms with Crippen LogP contribution in [0.2, 0.25) is 0 Å². The molecule has 0 aliphatic heterocycles. The van der Waals surface area contributed by atoms with Gasteiger partial charge in [0, 0.05) is 7.05 Å². The van der Waals surface area contributed by atoms with Crippen LogP contribution in [0.3, 0.4) is 0 Å². The molecule has 0 radical (unpaired) electrons. The van der Waals surface area contributed by atoms with E-state index in [0.29, 0.717) is 6.42 Å². The van der Waals surface area contributed by atoms with Crippen LogP contribution in [0, 0.1) is 0 Å². The number of aromatic nitrogens is 3. The first kappa shape index (κ1) is 11.9. The lowest BCUT2D eigenvalue weighted by molar-refractivity contribution is 0.0702. The Morgan fingerprint density at radius 2 is 2.21 bits per heavy atom. The summed E-state index contributed by atoms with van der Waals surface area (Å²) < 4.78 is 2.01. The van der Waals surface area contributed by atoms with E-state index < -0.39 is 5.97 Å². The van der Waals surface area contributed by atoms with Crippen molar-refractivity contribution in [2.45, 2.75) is 6.42 Å². The van der Waals surface area contributed by atoms with Crippen molar-refractivity contribution < 1.29 is 9.90 Å². The lowest BCUT2D eigenvalue weighted by atomic mass is 10.3. The topological polar surface area (TPSA) is 68.0 Å². The van der Waals surface area contributed by atoms with Gasteiger partial charge in [-0.1, -0.05) is 12.1 Å². The van der Waals surface area contributed by atoms with Crippen molar-refractivity contribution in [1.82, 2.24) is 14.5 Å². The minimum absolute atomic E-state index is 0.258. The molecule has 2 heterocycles. The van der Waals surface area contributed by atoms with Crippen molar-refractivity contribution in [2.75, 3.05) is 0 Å². The number of carbonyl (C=O) groups is 1. The molecule has 3 rings (SSSR count). The number of rotatable bonds is 3. The first-order valence-corrected chi connectivity index (χ1v) is 6.55. The second-order valence-electron chi connectivity index (χ2n) is 4.18. The molecule has 0 aliphatic carbocycles. The summed E-state index contributed by atoms with van der Waals surface area (Å²) in [4.78, 5) is 19.8. The second kappa shape index (κ2) is 4.47. The minimum atomic E-state index is -0.936. The smallest absolute Gasteiger partial charge is 0.347 e. The quantitative estimate of drug-likeness (QED) is 0.795. The third-order valence-electron chi connectivity index (χ3n) is 2.95. The highest BCUT2D eigenvalue weighted by Crippen LogP contribution is 2.19.